The first-order valence-corrected chi connectivity index (χ1v) is 9.43. The largest absolute Gasteiger partial charge is 0.383 e. The van der Waals surface area contributed by atoms with Crippen molar-refractivity contribution in [3.8, 4) is 0 Å². The lowest BCUT2D eigenvalue weighted by molar-refractivity contribution is 0.248. The van der Waals surface area contributed by atoms with E-state index in [4.69, 9.17) is 11.6 Å². The molecular weight excluding hydrogens is 367 g/mol. The van der Waals surface area contributed by atoms with E-state index in [1.807, 2.05) is 18.3 Å². The highest BCUT2D eigenvalue weighted by atomic mass is 35.5. The molecule has 3 heterocycles. The predicted molar refractivity (Wildman–Crippen MR) is 105 cm³/mol. The Labute approximate surface area is 162 Å². The van der Waals surface area contributed by atoms with E-state index in [0.717, 1.165) is 41.9 Å². The van der Waals surface area contributed by atoms with Crippen LogP contribution in [0.4, 0.5) is 4.39 Å². The highest BCUT2D eigenvalue weighted by molar-refractivity contribution is 6.32. The Morgan fingerprint density at radius 1 is 1.30 bits per heavy atom. The first-order chi connectivity index (χ1) is 13.1. The van der Waals surface area contributed by atoms with Gasteiger partial charge in [-0.15, -0.1) is 0 Å². The molecular formula is C19H22ClFN6. The molecule has 2 aliphatic heterocycles. The molecule has 0 amide bonds. The zero-order valence-corrected chi connectivity index (χ0v) is 15.9. The fourth-order valence-electron chi connectivity index (χ4n) is 3.51. The van der Waals surface area contributed by atoms with Crippen LogP contribution in [0.25, 0.3) is 11.0 Å². The highest BCUT2D eigenvalue weighted by Gasteiger charge is 2.25. The molecule has 142 valence electrons. The maximum absolute atomic E-state index is 14.7. The van der Waals surface area contributed by atoms with Crippen LogP contribution < -0.4 is 16.0 Å². The molecule has 1 aromatic carbocycles. The van der Waals surface area contributed by atoms with Crippen molar-refractivity contribution >= 4 is 22.6 Å². The normalized spacial score (nSPS) is 20.5. The average Bonchev–Trinajstić information content (AvgIpc) is 2.66. The number of nitrogens with one attached hydrogen (secondary N) is 3. The summed E-state index contributed by atoms with van der Waals surface area (Å²) in [5.41, 5.74) is 3.81. The molecule has 0 spiro atoms. The van der Waals surface area contributed by atoms with Gasteiger partial charge >= 0.3 is 0 Å². The van der Waals surface area contributed by atoms with Crippen molar-refractivity contribution in [3.05, 3.63) is 58.5 Å². The quantitative estimate of drug-likeness (QED) is 0.747. The van der Waals surface area contributed by atoms with Gasteiger partial charge in [-0.25, -0.2) is 4.39 Å². The molecule has 1 unspecified atom stereocenters. The van der Waals surface area contributed by atoms with Gasteiger partial charge in [-0.05, 0) is 24.6 Å². The fraction of sp³-hybridized carbons (Fsp3) is 0.368. The number of hydrogen-bond donors (Lipinski definition) is 3. The van der Waals surface area contributed by atoms with Gasteiger partial charge in [0.15, 0.2) is 0 Å². The first kappa shape index (κ1) is 18.0. The Bertz CT molecular complexity index is 912. The monoisotopic (exact) mass is 388 g/mol. The number of nitrogens with zero attached hydrogens (tertiary/aromatic N) is 3. The van der Waals surface area contributed by atoms with Gasteiger partial charge in [0.25, 0.3) is 0 Å². The number of benzene rings is 1. The number of piperazine rings is 1. The molecule has 1 fully saturated rings. The van der Waals surface area contributed by atoms with E-state index in [1.54, 1.807) is 12.4 Å². The van der Waals surface area contributed by atoms with E-state index in [9.17, 15) is 4.39 Å². The second-order valence-corrected chi connectivity index (χ2v) is 7.24. The highest BCUT2D eigenvalue weighted by Crippen LogP contribution is 2.25. The first-order valence-electron chi connectivity index (χ1n) is 9.06. The maximum atomic E-state index is 14.7. The van der Waals surface area contributed by atoms with E-state index in [2.05, 4.69) is 37.7 Å². The van der Waals surface area contributed by atoms with Gasteiger partial charge in [0.1, 0.15) is 5.83 Å². The molecule has 0 bridgehead atoms. The van der Waals surface area contributed by atoms with Gasteiger partial charge < -0.3 is 20.9 Å². The molecule has 8 heteroatoms. The Morgan fingerprint density at radius 3 is 2.85 bits per heavy atom. The van der Waals surface area contributed by atoms with E-state index in [1.165, 1.54) is 0 Å². The summed E-state index contributed by atoms with van der Waals surface area (Å²) in [6.07, 6.45) is 5.13. The number of fused-ring (bicyclic) bond motifs is 1. The van der Waals surface area contributed by atoms with Crippen LogP contribution in [-0.4, -0.2) is 47.1 Å². The Morgan fingerprint density at radius 2 is 2.07 bits per heavy atom. The Balaban J connectivity index is 1.54. The molecule has 6 nitrogen and oxygen atoms in total. The predicted octanol–water partition coefficient (Wildman–Crippen LogP) is 2.29. The zero-order valence-electron chi connectivity index (χ0n) is 15.1. The van der Waals surface area contributed by atoms with Gasteiger partial charge in [0.2, 0.25) is 0 Å². The van der Waals surface area contributed by atoms with Gasteiger partial charge in [0.05, 0.1) is 29.0 Å². The van der Waals surface area contributed by atoms with Crippen LogP contribution in [0.15, 0.2) is 47.9 Å². The van der Waals surface area contributed by atoms with Crippen molar-refractivity contribution in [2.24, 2.45) is 0 Å². The summed E-state index contributed by atoms with van der Waals surface area (Å²) in [4.78, 5) is 10.7. The summed E-state index contributed by atoms with van der Waals surface area (Å²) in [6.45, 7) is 5.18. The second-order valence-electron chi connectivity index (χ2n) is 6.84. The third-order valence-electron chi connectivity index (χ3n) is 4.81. The van der Waals surface area contributed by atoms with Crippen LogP contribution in [0, 0.1) is 0 Å². The van der Waals surface area contributed by atoms with Crippen molar-refractivity contribution in [2.45, 2.75) is 19.5 Å². The van der Waals surface area contributed by atoms with Crippen LogP contribution in [0.5, 0.6) is 0 Å². The van der Waals surface area contributed by atoms with Crippen LogP contribution in [0.3, 0.4) is 0 Å². The van der Waals surface area contributed by atoms with E-state index < -0.39 is 0 Å². The van der Waals surface area contributed by atoms with Crippen molar-refractivity contribution in [1.29, 1.82) is 0 Å². The molecule has 0 aliphatic carbocycles. The SMILES string of the molecule is CC1CN(C2=C(F)CNC=C2NCc2cc3nccnc3cc2Cl)CCN1. The number of dihydropyridines is 1. The minimum Gasteiger partial charge on any atom is -0.383 e. The van der Waals surface area contributed by atoms with Crippen LogP contribution >= 0.6 is 11.6 Å². The van der Waals surface area contributed by atoms with Gasteiger partial charge in [0, 0.05) is 55.8 Å². The standard InChI is InChI=1S/C19H22ClFN6/c1-12-11-27(5-4-23-12)19-15(21)9-22-10-18(19)26-8-13-6-16-17(7-14(13)20)25-3-2-24-16/h2-3,6-7,10,12,22-23,26H,4-5,8-9,11H2,1H3. The molecule has 2 aromatic rings. The summed E-state index contributed by atoms with van der Waals surface area (Å²) in [7, 11) is 0. The Kier molecular flexibility index (Phi) is 5.13. The lowest BCUT2D eigenvalue weighted by Gasteiger charge is -2.37. The van der Waals surface area contributed by atoms with Crippen LogP contribution in [0.1, 0.15) is 12.5 Å². The fourth-order valence-corrected chi connectivity index (χ4v) is 3.73. The molecule has 1 atom stereocenters. The number of rotatable bonds is 4. The minimum absolute atomic E-state index is 0.149. The van der Waals surface area contributed by atoms with Crippen molar-refractivity contribution in [3.63, 3.8) is 0 Å². The molecule has 27 heavy (non-hydrogen) atoms. The van der Waals surface area contributed by atoms with Gasteiger partial charge in [-0.3, -0.25) is 9.97 Å². The molecule has 0 radical (unpaired) electrons. The van der Waals surface area contributed by atoms with Gasteiger partial charge in [-0.1, -0.05) is 11.6 Å². The molecule has 1 aromatic heterocycles. The third kappa shape index (κ3) is 3.84. The van der Waals surface area contributed by atoms with Crippen molar-refractivity contribution in [2.75, 3.05) is 26.2 Å². The molecule has 3 N–H and O–H groups in total. The number of halogens is 2. The van der Waals surface area contributed by atoms with Crippen LogP contribution in [-0.2, 0) is 6.54 Å². The third-order valence-corrected chi connectivity index (χ3v) is 5.16. The van der Waals surface area contributed by atoms with Crippen molar-refractivity contribution in [1.82, 2.24) is 30.8 Å². The second kappa shape index (κ2) is 7.70. The maximum Gasteiger partial charge on any atom is 0.144 e. The summed E-state index contributed by atoms with van der Waals surface area (Å²) in [5.74, 6) is -0.149. The van der Waals surface area contributed by atoms with E-state index in [-0.39, 0.29) is 12.4 Å². The lowest BCUT2D eigenvalue weighted by Crippen LogP contribution is -2.50. The zero-order chi connectivity index (χ0) is 18.8. The minimum atomic E-state index is -0.149. The Hall–Kier alpha value is -2.38. The van der Waals surface area contributed by atoms with Crippen molar-refractivity contribution < 1.29 is 4.39 Å². The molecule has 4 rings (SSSR count). The summed E-state index contributed by atoms with van der Waals surface area (Å²) >= 11 is 6.41. The topological polar surface area (TPSA) is 65.1 Å². The smallest absolute Gasteiger partial charge is 0.144 e. The summed E-state index contributed by atoms with van der Waals surface area (Å²) in [6, 6.07) is 4.05. The lowest BCUT2D eigenvalue weighted by atomic mass is 10.1. The number of hydrogen-bond acceptors (Lipinski definition) is 6. The molecule has 2 aliphatic rings. The van der Waals surface area contributed by atoms with Crippen LogP contribution in [0.2, 0.25) is 5.02 Å². The average molecular weight is 389 g/mol. The van der Waals surface area contributed by atoms with E-state index in [0.29, 0.717) is 23.3 Å². The molecule has 0 saturated carbocycles. The molecule has 1 saturated heterocycles. The summed E-state index contributed by atoms with van der Waals surface area (Å²) < 4.78 is 14.7. The summed E-state index contributed by atoms with van der Waals surface area (Å²) in [5, 5.41) is 10.3. The van der Waals surface area contributed by atoms with Gasteiger partial charge in [-0.2, -0.15) is 0 Å². The van der Waals surface area contributed by atoms with E-state index >= 15 is 0 Å². The number of aromatic nitrogens is 2.